The molecule has 2 heterocycles. The summed E-state index contributed by atoms with van der Waals surface area (Å²) in [7, 11) is 2.17. The minimum Gasteiger partial charge on any atom is -0.325 e. The first-order chi connectivity index (χ1) is 8.63. The van der Waals surface area contributed by atoms with Crippen molar-refractivity contribution in [2.45, 2.75) is 64.2 Å². The van der Waals surface area contributed by atoms with Gasteiger partial charge < -0.3 is 9.80 Å². The van der Waals surface area contributed by atoms with E-state index in [-0.39, 0.29) is 12.2 Å². The summed E-state index contributed by atoms with van der Waals surface area (Å²) < 4.78 is 0. The van der Waals surface area contributed by atoms with E-state index in [9.17, 15) is 4.79 Å². The zero-order valence-electron chi connectivity index (χ0n) is 12.0. The fraction of sp³-hybridized carbons (Fsp3) is 0.929. The van der Waals surface area contributed by atoms with Crippen LogP contribution in [0.15, 0.2) is 0 Å². The fourth-order valence-electron chi connectivity index (χ4n) is 3.14. The number of hydrogen-bond acceptors (Lipinski definition) is 3. The molecule has 4 nitrogen and oxygen atoms in total. The Kier molecular flexibility index (Phi) is 4.62. The molecule has 0 aromatic rings. The van der Waals surface area contributed by atoms with Gasteiger partial charge in [-0.25, -0.2) is 0 Å². The fourth-order valence-corrected chi connectivity index (χ4v) is 3.14. The van der Waals surface area contributed by atoms with Crippen molar-refractivity contribution < 1.29 is 4.79 Å². The van der Waals surface area contributed by atoms with Crippen LogP contribution in [0.5, 0.6) is 0 Å². The number of carbonyl (C=O) groups is 1. The van der Waals surface area contributed by atoms with Gasteiger partial charge in [0, 0.05) is 12.6 Å². The van der Waals surface area contributed by atoms with E-state index in [1.807, 2.05) is 4.90 Å². The molecule has 3 atom stereocenters. The number of likely N-dealkylation sites (N-methyl/N-ethyl adjacent to an activating group) is 1. The van der Waals surface area contributed by atoms with Crippen molar-refractivity contribution in [3.8, 4) is 0 Å². The van der Waals surface area contributed by atoms with Crippen LogP contribution in [0.1, 0.15) is 46.0 Å². The van der Waals surface area contributed by atoms with Crippen LogP contribution in [0.4, 0.5) is 0 Å². The lowest BCUT2D eigenvalue weighted by molar-refractivity contribution is -0.130. The van der Waals surface area contributed by atoms with E-state index in [0.717, 1.165) is 25.8 Å². The average molecular weight is 253 g/mol. The number of nitrogens with one attached hydrogen (secondary N) is 1. The molecule has 2 saturated heterocycles. The van der Waals surface area contributed by atoms with Crippen molar-refractivity contribution in [1.82, 2.24) is 15.1 Å². The Morgan fingerprint density at radius 1 is 1.44 bits per heavy atom. The highest BCUT2D eigenvalue weighted by Crippen LogP contribution is 2.21. The van der Waals surface area contributed by atoms with Gasteiger partial charge in [0.15, 0.2) is 0 Å². The highest BCUT2D eigenvalue weighted by Gasteiger charge is 2.37. The van der Waals surface area contributed by atoms with E-state index in [4.69, 9.17) is 0 Å². The molecular formula is C14H27N3O. The summed E-state index contributed by atoms with van der Waals surface area (Å²) in [5.41, 5.74) is 0. The Morgan fingerprint density at radius 3 is 2.83 bits per heavy atom. The van der Waals surface area contributed by atoms with Crippen LogP contribution in [-0.2, 0) is 4.79 Å². The van der Waals surface area contributed by atoms with Gasteiger partial charge in [0.1, 0.15) is 0 Å². The van der Waals surface area contributed by atoms with Crippen LogP contribution in [0.2, 0.25) is 0 Å². The number of carbonyl (C=O) groups excluding carboxylic acids is 1. The molecule has 2 fully saturated rings. The molecule has 18 heavy (non-hydrogen) atoms. The Balaban J connectivity index is 1.90. The monoisotopic (exact) mass is 253 g/mol. The van der Waals surface area contributed by atoms with Crippen molar-refractivity contribution in [3.05, 3.63) is 0 Å². The summed E-state index contributed by atoms with van der Waals surface area (Å²) in [6.45, 7) is 6.35. The molecule has 2 rings (SSSR count). The van der Waals surface area contributed by atoms with Crippen molar-refractivity contribution in [2.24, 2.45) is 0 Å². The summed E-state index contributed by atoms with van der Waals surface area (Å²) in [6, 6.07) is 0.620. The smallest absolute Gasteiger partial charge is 0.241 e. The molecule has 0 aromatic heterocycles. The van der Waals surface area contributed by atoms with Gasteiger partial charge in [0.05, 0.1) is 12.2 Å². The molecule has 0 bridgehead atoms. The van der Waals surface area contributed by atoms with Gasteiger partial charge in [-0.3, -0.25) is 10.1 Å². The van der Waals surface area contributed by atoms with Crippen molar-refractivity contribution in [3.63, 3.8) is 0 Å². The van der Waals surface area contributed by atoms with Gasteiger partial charge >= 0.3 is 0 Å². The normalized spacial score (nSPS) is 33.6. The Morgan fingerprint density at radius 2 is 2.22 bits per heavy atom. The third-order valence-electron chi connectivity index (χ3n) is 4.42. The molecule has 2 aliphatic heterocycles. The van der Waals surface area contributed by atoms with Crippen molar-refractivity contribution >= 4 is 5.91 Å². The first kappa shape index (κ1) is 13.8. The van der Waals surface area contributed by atoms with Crippen LogP contribution < -0.4 is 5.32 Å². The molecule has 104 valence electrons. The maximum absolute atomic E-state index is 12.4. The summed E-state index contributed by atoms with van der Waals surface area (Å²) in [5.74, 6) is 0.316. The topological polar surface area (TPSA) is 35.6 Å². The molecule has 0 spiro atoms. The third-order valence-corrected chi connectivity index (χ3v) is 4.42. The molecule has 4 heteroatoms. The van der Waals surface area contributed by atoms with E-state index < -0.39 is 0 Å². The van der Waals surface area contributed by atoms with Gasteiger partial charge in [-0.15, -0.1) is 0 Å². The van der Waals surface area contributed by atoms with E-state index in [2.05, 4.69) is 31.1 Å². The minimum atomic E-state index is 0.0617. The number of likely N-dealkylation sites (tertiary alicyclic amines) is 1. The summed E-state index contributed by atoms with van der Waals surface area (Å²) in [4.78, 5) is 16.8. The molecule has 1 N–H and O–H groups in total. The predicted octanol–water partition coefficient (Wildman–Crippen LogP) is 1.42. The summed E-state index contributed by atoms with van der Waals surface area (Å²) in [6.07, 6.45) is 5.97. The maximum atomic E-state index is 12.4. The van der Waals surface area contributed by atoms with Crippen LogP contribution in [0.3, 0.4) is 0 Å². The highest BCUT2D eigenvalue weighted by molar-refractivity contribution is 5.84. The average Bonchev–Trinajstić information content (AvgIpc) is 2.86. The van der Waals surface area contributed by atoms with Gasteiger partial charge in [0.25, 0.3) is 0 Å². The Bertz CT molecular complexity index is 295. The minimum absolute atomic E-state index is 0.0617. The Labute approximate surface area is 111 Å². The lowest BCUT2D eigenvalue weighted by Gasteiger charge is -2.28. The second-order valence-corrected chi connectivity index (χ2v) is 5.80. The highest BCUT2D eigenvalue weighted by atomic mass is 16.2. The molecule has 0 saturated carbocycles. The molecule has 3 unspecified atom stereocenters. The van der Waals surface area contributed by atoms with E-state index in [1.165, 1.54) is 19.4 Å². The lowest BCUT2D eigenvalue weighted by Crippen LogP contribution is -2.43. The van der Waals surface area contributed by atoms with Gasteiger partial charge in [-0.05, 0) is 39.8 Å². The standard InChI is InChI=1S/C14H27N3O/c1-4-5-8-13-14(18)17(11(2)15-13)10-12-7-6-9-16(12)3/h11-13,15H,4-10H2,1-3H3. The van der Waals surface area contributed by atoms with E-state index in [1.54, 1.807) is 0 Å². The van der Waals surface area contributed by atoms with E-state index in [0.29, 0.717) is 11.9 Å². The predicted molar refractivity (Wildman–Crippen MR) is 73.3 cm³/mol. The number of amides is 1. The number of nitrogens with zero attached hydrogens (tertiary/aromatic N) is 2. The van der Waals surface area contributed by atoms with Crippen LogP contribution in [0, 0.1) is 0 Å². The van der Waals surface area contributed by atoms with Gasteiger partial charge in [-0.2, -0.15) is 0 Å². The van der Waals surface area contributed by atoms with Crippen LogP contribution >= 0.6 is 0 Å². The summed E-state index contributed by atoms with van der Waals surface area (Å²) in [5, 5.41) is 3.44. The van der Waals surface area contributed by atoms with E-state index >= 15 is 0 Å². The zero-order valence-corrected chi connectivity index (χ0v) is 12.0. The molecule has 0 radical (unpaired) electrons. The third kappa shape index (κ3) is 2.86. The maximum Gasteiger partial charge on any atom is 0.241 e. The van der Waals surface area contributed by atoms with Gasteiger partial charge in [0.2, 0.25) is 5.91 Å². The van der Waals surface area contributed by atoms with Crippen molar-refractivity contribution in [1.29, 1.82) is 0 Å². The molecule has 1 amide bonds. The zero-order chi connectivity index (χ0) is 13.1. The van der Waals surface area contributed by atoms with Crippen LogP contribution in [0.25, 0.3) is 0 Å². The largest absolute Gasteiger partial charge is 0.325 e. The number of rotatable bonds is 5. The number of hydrogen-bond donors (Lipinski definition) is 1. The first-order valence-electron chi connectivity index (χ1n) is 7.40. The second kappa shape index (κ2) is 6.02. The Hall–Kier alpha value is -0.610. The van der Waals surface area contributed by atoms with Gasteiger partial charge in [-0.1, -0.05) is 19.8 Å². The molecular weight excluding hydrogens is 226 g/mol. The second-order valence-electron chi connectivity index (χ2n) is 5.80. The molecule has 2 aliphatic rings. The SMILES string of the molecule is CCCCC1NC(C)N(CC2CCCN2C)C1=O. The molecule has 0 aromatic carbocycles. The number of unbranched alkanes of at least 4 members (excludes halogenated alkanes) is 1. The first-order valence-corrected chi connectivity index (χ1v) is 7.40. The lowest BCUT2D eigenvalue weighted by atomic mass is 10.1. The summed E-state index contributed by atoms with van der Waals surface area (Å²) >= 11 is 0. The van der Waals surface area contributed by atoms with Crippen LogP contribution in [-0.4, -0.2) is 54.1 Å². The van der Waals surface area contributed by atoms with Crippen molar-refractivity contribution in [2.75, 3.05) is 20.1 Å². The molecule has 0 aliphatic carbocycles. The quantitative estimate of drug-likeness (QED) is 0.805.